The van der Waals surface area contributed by atoms with Crippen LogP contribution in [0.4, 0.5) is 11.5 Å². The molecule has 1 aliphatic carbocycles. The van der Waals surface area contributed by atoms with Crippen LogP contribution in [-0.4, -0.2) is 65.1 Å². The molecular weight excluding hydrogens is 502 g/mol. The van der Waals surface area contributed by atoms with Crippen LogP contribution in [0.1, 0.15) is 36.1 Å². The Bertz CT molecular complexity index is 1500. The predicted octanol–water partition coefficient (Wildman–Crippen LogP) is 3.49. The first-order valence-corrected chi connectivity index (χ1v) is 14.0. The number of aryl methyl sites for hydroxylation is 1. The van der Waals surface area contributed by atoms with Gasteiger partial charge in [0, 0.05) is 42.8 Å². The SMILES string of the molecule is C=CC(=O)N1CCN(c2nc(OCC3(N)CC3)nc3c2CCN(c2cccc4cccc(C)c24)C3)CC1CC#N. The number of anilines is 2. The number of piperazine rings is 1. The Kier molecular flexibility index (Phi) is 6.80. The molecule has 0 spiro atoms. The van der Waals surface area contributed by atoms with Crippen LogP contribution in [0.5, 0.6) is 6.01 Å². The molecule has 0 radical (unpaired) electrons. The quantitative estimate of drug-likeness (QED) is 0.456. The molecule has 3 heterocycles. The van der Waals surface area contributed by atoms with Crippen LogP contribution in [0.15, 0.2) is 49.1 Å². The van der Waals surface area contributed by atoms with Gasteiger partial charge in [-0.3, -0.25) is 4.79 Å². The van der Waals surface area contributed by atoms with Gasteiger partial charge in [-0.2, -0.15) is 15.2 Å². The first kappa shape index (κ1) is 26.1. The molecule has 0 bridgehead atoms. The second-order valence-corrected chi connectivity index (χ2v) is 11.2. The van der Waals surface area contributed by atoms with E-state index in [1.807, 2.05) is 0 Å². The van der Waals surface area contributed by atoms with E-state index in [2.05, 4.69) is 65.8 Å². The Labute approximate surface area is 234 Å². The summed E-state index contributed by atoms with van der Waals surface area (Å²) in [5.74, 6) is 0.691. The zero-order chi connectivity index (χ0) is 27.9. The monoisotopic (exact) mass is 537 g/mol. The van der Waals surface area contributed by atoms with E-state index in [9.17, 15) is 10.1 Å². The van der Waals surface area contributed by atoms with E-state index in [-0.39, 0.29) is 23.9 Å². The smallest absolute Gasteiger partial charge is 0.318 e. The number of ether oxygens (including phenoxy) is 1. The lowest BCUT2D eigenvalue weighted by molar-refractivity contribution is -0.128. The summed E-state index contributed by atoms with van der Waals surface area (Å²) in [7, 11) is 0. The third-order valence-corrected chi connectivity index (χ3v) is 8.40. The molecule has 1 amide bonds. The predicted molar refractivity (Wildman–Crippen MR) is 155 cm³/mol. The number of fused-ring (bicyclic) bond motifs is 2. The summed E-state index contributed by atoms with van der Waals surface area (Å²) in [5.41, 5.74) is 10.5. The van der Waals surface area contributed by atoms with Crippen molar-refractivity contribution in [1.82, 2.24) is 14.9 Å². The Hall–Kier alpha value is -4.16. The van der Waals surface area contributed by atoms with Gasteiger partial charge >= 0.3 is 6.01 Å². The number of amides is 1. The molecule has 2 N–H and O–H groups in total. The molecule has 9 heteroatoms. The molecule has 40 heavy (non-hydrogen) atoms. The largest absolute Gasteiger partial charge is 0.461 e. The molecular formula is C31H35N7O2. The zero-order valence-electron chi connectivity index (χ0n) is 23.0. The maximum Gasteiger partial charge on any atom is 0.318 e. The number of aromatic nitrogens is 2. The summed E-state index contributed by atoms with van der Waals surface area (Å²) < 4.78 is 6.09. The standard InChI is InChI=1S/C31H35N7O2/c1-3-27(39)38-17-16-37(18-23(38)10-14-32)29-24-11-15-36(26-9-5-8-22-7-4-6-21(2)28(22)26)19-25(24)34-30(35-29)40-20-31(33)12-13-31/h3-9,23H,1,10-13,15-20,33H2,2H3. The van der Waals surface area contributed by atoms with Crippen LogP contribution in [0.25, 0.3) is 10.8 Å². The third-order valence-electron chi connectivity index (χ3n) is 8.40. The zero-order valence-corrected chi connectivity index (χ0v) is 23.0. The molecule has 6 rings (SSSR count). The fourth-order valence-electron chi connectivity index (χ4n) is 5.94. The number of nitrogens with zero attached hydrogens (tertiary/aromatic N) is 6. The summed E-state index contributed by atoms with van der Waals surface area (Å²) in [6, 6.07) is 15.2. The van der Waals surface area contributed by atoms with Crippen LogP contribution >= 0.6 is 0 Å². The van der Waals surface area contributed by atoms with E-state index >= 15 is 0 Å². The topological polar surface area (TPSA) is 112 Å². The van der Waals surface area contributed by atoms with E-state index < -0.39 is 0 Å². The lowest BCUT2D eigenvalue weighted by Crippen LogP contribution is -2.55. The highest BCUT2D eigenvalue weighted by atomic mass is 16.5. The number of benzene rings is 2. The van der Waals surface area contributed by atoms with Gasteiger partial charge < -0.3 is 25.2 Å². The average Bonchev–Trinajstić information content (AvgIpc) is 3.72. The number of rotatable bonds is 7. The van der Waals surface area contributed by atoms with E-state index in [0.29, 0.717) is 38.8 Å². The Morgan fingerprint density at radius 2 is 2.00 bits per heavy atom. The molecule has 1 unspecified atom stereocenters. The Morgan fingerprint density at radius 3 is 2.75 bits per heavy atom. The minimum Gasteiger partial charge on any atom is -0.461 e. The second-order valence-electron chi connectivity index (χ2n) is 11.2. The van der Waals surface area contributed by atoms with Gasteiger partial charge in [0.1, 0.15) is 12.4 Å². The van der Waals surface area contributed by atoms with Crippen molar-refractivity contribution in [2.24, 2.45) is 5.73 Å². The highest BCUT2D eigenvalue weighted by Gasteiger charge is 2.40. The fraction of sp³-hybridized carbons (Fsp3) is 0.419. The number of hydrogen-bond donors (Lipinski definition) is 1. The maximum atomic E-state index is 12.5. The molecule has 206 valence electrons. The fourth-order valence-corrected chi connectivity index (χ4v) is 5.94. The van der Waals surface area contributed by atoms with Crippen LogP contribution in [0, 0.1) is 18.3 Å². The summed E-state index contributed by atoms with van der Waals surface area (Å²) in [4.78, 5) is 28.6. The molecule has 9 nitrogen and oxygen atoms in total. The molecule has 2 aliphatic heterocycles. The van der Waals surface area contributed by atoms with Gasteiger partial charge in [-0.25, -0.2) is 0 Å². The van der Waals surface area contributed by atoms with Gasteiger partial charge in [0.2, 0.25) is 5.91 Å². The molecule has 1 saturated heterocycles. The summed E-state index contributed by atoms with van der Waals surface area (Å²) in [5, 5.41) is 12.0. The average molecular weight is 538 g/mol. The maximum absolute atomic E-state index is 12.5. The van der Waals surface area contributed by atoms with Crippen LogP contribution < -0.4 is 20.3 Å². The molecule has 3 aliphatic rings. The Balaban J connectivity index is 1.35. The van der Waals surface area contributed by atoms with Gasteiger partial charge in [-0.15, -0.1) is 0 Å². The molecule has 2 aromatic carbocycles. The molecule has 2 fully saturated rings. The summed E-state index contributed by atoms with van der Waals surface area (Å²) in [6.07, 6.45) is 4.23. The van der Waals surface area contributed by atoms with E-state index in [4.69, 9.17) is 20.4 Å². The number of hydrogen-bond acceptors (Lipinski definition) is 8. The minimum atomic E-state index is -0.291. The van der Waals surface area contributed by atoms with Crippen molar-refractivity contribution in [3.63, 3.8) is 0 Å². The number of carbonyl (C=O) groups is 1. The number of carbonyl (C=O) groups excluding carboxylic acids is 1. The van der Waals surface area contributed by atoms with Crippen molar-refractivity contribution in [2.45, 2.75) is 50.7 Å². The van der Waals surface area contributed by atoms with E-state index in [1.54, 1.807) is 4.90 Å². The number of nitriles is 1. The summed E-state index contributed by atoms with van der Waals surface area (Å²) >= 11 is 0. The van der Waals surface area contributed by atoms with Crippen molar-refractivity contribution >= 4 is 28.2 Å². The van der Waals surface area contributed by atoms with Crippen LogP contribution in [0.3, 0.4) is 0 Å². The third kappa shape index (κ3) is 4.95. The summed E-state index contributed by atoms with van der Waals surface area (Å²) in [6.45, 7) is 9.28. The molecule has 1 aromatic heterocycles. The van der Waals surface area contributed by atoms with Gasteiger partial charge in [0.05, 0.1) is 36.3 Å². The lowest BCUT2D eigenvalue weighted by atomic mass is 9.99. The molecule has 1 atom stereocenters. The van der Waals surface area contributed by atoms with Gasteiger partial charge in [0.25, 0.3) is 0 Å². The Morgan fingerprint density at radius 1 is 1.20 bits per heavy atom. The molecule has 3 aromatic rings. The van der Waals surface area contributed by atoms with Crippen LogP contribution in [0.2, 0.25) is 0 Å². The lowest BCUT2D eigenvalue weighted by Gasteiger charge is -2.42. The minimum absolute atomic E-state index is 0.146. The van der Waals surface area contributed by atoms with Crippen molar-refractivity contribution in [3.05, 3.63) is 65.9 Å². The van der Waals surface area contributed by atoms with E-state index in [1.165, 1.54) is 28.1 Å². The number of nitrogens with two attached hydrogens (primary N) is 1. The highest BCUT2D eigenvalue weighted by molar-refractivity contribution is 5.97. The molecule has 1 saturated carbocycles. The van der Waals surface area contributed by atoms with Crippen molar-refractivity contribution in [1.29, 1.82) is 5.26 Å². The normalized spacial score (nSPS) is 19.6. The second kappa shape index (κ2) is 10.4. The van der Waals surface area contributed by atoms with Gasteiger partial charge in [-0.1, -0.05) is 36.9 Å². The van der Waals surface area contributed by atoms with Crippen molar-refractivity contribution in [3.8, 4) is 12.1 Å². The van der Waals surface area contributed by atoms with Gasteiger partial charge in [0.15, 0.2) is 0 Å². The van der Waals surface area contributed by atoms with Crippen molar-refractivity contribution < 1.29 is 9.53 Å². The van der Waals surface area contributed by atoms with Gasteiger partial charge in [-0.05, 0) is 49.3 Å². The van der Waals surface area contributed by atoms with Crippen LogP contribution in [-0.2, 0) is 17.8 Å². The first-order valence-electron chi connectivity index (χ1n) is 14.0. The highest BCUT2D eigenvalue weighted by Crippen LogP contribution is 2.37. The first-order chi connectivity index (χ1) is 19.4. The van der Waals surface area contributed by atoms with Crippen molar-refractivity contribution in [2.75, 3.05) is 42.6 Å². The van der Waals surface area contributed by atoms with E-state index in [0.717, 1.165) is 42.9 Å².